The number of hydrogen-bond donors (Lipinski definition) is 2. The molecule has 8 heteroatoms. The molecule has 2 aromatic carbocycles. The van der Waals surface area contributed by atoms with Crippen molar-refractivity contribution in [2.24, 2.45) is 0 Å². The second-order valence-corrected chi connectivity index (χ2v) is 8.87. The summed E-state index contributed by atoms with van der Waals surface area (Å²) in [5.41, 5.74) is 3.10. The van der Waals surface area contributed by atoms with Gasteiger partial charge in [-0.3, -0.25) is 0 Å². The average Bonchev–Trinajstić information content (AvgIpc) is 3.28. The van der Waals surface area contributed by atoms with Crippen molar-refractivity contribution < 1.29 is 9.53 Å². The van der Waals surface area contributed by atoms with Gasteiger partial charge in [0.15, 0.2) is 5.82 Å². The lowest BCUT2D eigenvalue weighted by molar-refractivity contribution is 0.142. The zero-order chi connectivity index (χ0) is 21.8. The highest BCUT2D eigenvalue weighted by Gasteiger charge is 2.14. The Morgan fingerprint density at radius 3 is 2.90 bits per heavy atom. The fraction of sp³-hybridized carbons (Fsp3) is 0.174. The van der Waals surface area contributed by atoms with Crippen LogP contribution in [-0.2, 0) is 11.3 Å². The van der Waals surface area contributed by atoms with Crippen molar-refractivity contribution in [1.82, 2.24) is 15.5 Å². The van der Waals surface area contributed by atoms with Crippen LogP contribution < -0.4 is 10.6 Å². The Morgan fingerprint density at radius 1 is 1.23 bits per heavy atom. The van der Waals surface area contributed by atoms with E-state index in [1.54, 1.807) is 24.6 Å². The molecule has 0 radical (unpaired) electrons. The Hall–Kier alpha value is -2.97. The van der Waals surface area contributed by atoms with E-state index >= 15 is 0 Å². The van der Waals surface area contributed by atoms with Gasteiger partial charge in [0.2, 0.25) is 0 Å². The third kappa shape index (κ3) is 4.86. The smallest absolute Gasteiger partial charge is 0.407 e. The van der Waals surface area contributed by atoms with Crippen molar-refractivity contribution in [3.8, 4) is 11.1 Å². The molecule has 0 aliphatic heterocycles. The molecular weight excluding hydrogens is 476 g/mol. The van der Waals surface area contributed by atoms with Crippen LogP contribution in [0, 0.1) is 0 Å². The summed E-state index contributed by atoms with van der Waals surface area (Å²) in [6, 6.07) is 16.2. The van der Waals surface area contributed by atoms with Gasteiger partial charge in [-0.25, -0.2) is 4.79 Å². The van der Waals surface area contributed by atoms with Gasteiger partial charge < -0.3 is 15.4 Å². The third-order valence-electron chi connectivity index (χ3n) is 4.92. The summed E-state index contributed by atoms with van der Waals surface area (Å²) in [5, 5.41) is 18.6. The Morgan fingerprint density at radius 2 is 2.06 bits per heavy atom. The average molecular weight is 497 g/mol. The number of halogens is 1. The van der Waals surface area contributed by atoms with Crippen LogP contribution in [0.15, 0.2) is 64.6 Å². The van der Waals surface area contributed by atoms with Crippen molar-refractivity contribution in [2.45, 2.75) is 19.6 Å². The van der Waals surface area contributed by atoms with E-state index in [9.17, 15) is 4.79 Å². The molecule has 0 spiro atoms. The van der Waals surface area contributed by atoms with Gasteiger partial charge in [-0.15, -0.1) is 16.4 Å². The number of alkyl carbamates (subject to hydrolysis) is 1. The number of benzene rings is 2. The first-order valence-corrected chi connectivity index (χ1v) is 11.4. The zero-order valence-electron chi connectivity index (χ0n) is 17.1. The molecule has 0 saturated heterocycles. The number of nitrogens with zero attached hydrogens (tertiary/aromatic N) is 2. The largest absolute Gasteiger partial charge is 0.445 e. The maximum Gasteiger partial charge on any atom is 0.407 e. The van der Waals surface area contributed by atoms with Gasteiger partial charge >= 0.3 is 6.09 Å². The summed E-state index contributed by atoms with van der Waals surface area (Å²) in [7, 11) is 1.55. The van der Waals surface area contributed by atoms with Crippen molar-refractivity contribution in [2.75, 3.05) is 12.4 Å². The standard InChI is InChI=1S/C23H21BrN4O2S/c1-14(27-22-20-10-18(24)8-7-15(20)11-26-28-22)21-9-17(13-31-21)19-6-4-3-5-16(19)12-30-23(29)25-2/h3-11,13-14H,12H2,1-2H3,(H,25,29)(H,27,28). The van der Waals surface area contributed by atoms with Gasteiger partial charge in [-0.1, -0.05) is 46.3 Å². The first kappa shape index (κ1) is 21.3. The topological polar surface area (TPSA) is 76.1 Å². The third-order valence-corrected chi connectivity index (χ3v) is 6.52. The number of nitrogens with one attached hydrogen (secondary N) is 2. The fourth-order valence-corrected chi connectivity index (χ4v) is 4.57. The number of ether oxygens (including phenoxy) is 1. The van der Waals surface area contributed by atoms with Gasteiger partial charge in [-0.05, 0) is 47.2 Å². The molecule has 2 heterocycles. The lowest BCUT2D eigenvalue weighted by atomic mass is 10.0. The molecule has 1 unspecified atom stereocenters. The van der Waals surface area contributed by atoms with E-state index in [0.717, 1.165) is 37.8 Å². The molecule has 2 N–H and O–H groups in total. The highest BCUT2D eigenvalue weighted by Crippen LogP contribution is 2.34. The summed E-state index contributed by atoms with van der Waals surface area (Å²) >= 11 is 5.21. The molecule has 0 bridgehead atoms. The number of carbonyl (C=O) groups is 1. The number of rotatable bonds is 6. The predicted octanol–water partition coefficient (Wildman–Crippen LogP) is 6.15. The van der Waals surface area contributed by atoms with Crippen LogP contribution in [0.5, 0.6) is 0 Å². The van der Waals surface area contributed by atoms with Gasteiger partial charge in [0.05, 0.1) is 12.2 Å². The van der Waals surface area contributed by atoms with Crippen molar-refractivity contribution in [3.63, 3.8) is 0 Å². The molecule has 0 saturated carbocycles. The predicted molar refractivity (Wildman–Crippen MR) is 128 cm³/mol. The monoisotopic (exact) mass is 496 g/mol. The highest BCUT2D eigenvalue weighted by atomic mass is 79.9. The second-order valence-electron chi connectivity index (χ2n) is 7.01. The lowest BCUT2D eigenvalue weighted by Gasteiger charge is -2.14. The summed E-state index contributed by atoms with van der Waals surface area (Å²) < 4.78 is 6.24. The Kier molecular flexibility index (Phi) is 6.48. The van der Waals surface area contributed by atoms with Gasteiger partial charge in [-0.2, -0.15) is 5.10 Å². The lowest BCUT2D eigenvalue weighted by Crippen LogP contribution is -2.19. The molecule has 0 fully saturated rings. The second kappa shape index (κ2) is 9.45. The molecule has 0 aliphatic carbocycles. The minimum absolute atomic E-state index is 0.0481. The van der Waals surface area contributed by atoms with Crippen LogP contribution in [0.4, 0.5) is 10.6 Å². The minimum Gasteiger partial charge on any atom is -0.445 e. The van der Waals surface area contributed by atoms with Gasteiger partial charge in [0.25, 0.3) is 0 Å². The number of fused-ring (bicyclic) bond motifs is 1. The Balaban J connectivity index is 1.56. The number of carbonyl (C=O) groups excluding carboxylic acids is 1. The highest BCUT2D eigenvalue weighted by molar-refractivity contribution is 9.10. The first-order chi connectivity index (χ1) is 15.0. The minimum atomic E-state index is -0.443. The van der Waals surface area contributed by atoms with Crippen LogP contribution in [-0.4, -0.2) is 23.3 Å². The molecule has 0 aliphatic rings. The zero-order valence-corrected chi connectivity index (χ0v) is 19.5. The number of thiophene rings is 1. The van der Waals surface area contributed by atoms with Crippen LogP contribution in [0.2, 0.25) is 0 Å². The van der Waals surface area contributed by atoms with E-state index < -0.39 is 6.09 Å². The van der Waals surface area contributed by atoms with Crippen molar-refractivity contribution >= 4 is 50.0 Å². The summed E-state index contributed by atoms with van der Waals surface area (Å²) in [5.74, 6) is 0.751. The summed E-state index contributed by atoms with van der Waals surface area (Å²) in [6.07, 6.45) is 1.32. The molecule has 6 nitrogen and oxygen atoms in total. The van der Waals surface area contributed by atoms with Crippen LogP contribution in [0.25, 0.3) is 21.9 Å². The summed E-state index contributed by atoms with van der Waals surface area (Å²) in [4.78, 5) is 12.6. The van der Waals surface area contributed by atoms with Gasteiger partial charge in [0, 0.05) is 27.2 Å². The van der Waals surface area contributed by atoms with Crippen LogP contribution in [0.1, 0.15) is 23.4 Å². The molecular formula is C23H21BrN4O2S. The number of amides is 1. The van der Waals surface area contributed by atoms with E-state index in [4.69, 9.17) is 4.74 Å². The molecule has 4 aromatic rings. The summed E-state index contributed by atoms with van der Waals surface area (Å²) in [6.45, 7) is 2.32. The first-order valence-electron chi connectivity index (χ1n) is 9.74. The molecule has 1 amide bonds. The maximum absolute atomic E-state index is 11.5. The Bertz CT molecular complexity index is 1230. The van der Waals surface area contributed by atoms with Gasteiger partial charge in [0.1, 0.15) is 6.61 Å². The molecule has 4 rings (SSSR count). The van der Waals surface area contributed by atoms with E-state index in [-0.39, 0.29) is 12.6 Å². The van der Waals surface area contributed by atoms with E-state index in [1.165, 1.54) is 4.88 Å². The van der Waals surface area contributed by atoms with Crippen molar-refractivity contribution in [3.05, 3.63) is 75.0 Å². The SMILES string of the molecule is CNC(=O)OCc1ccccc1-c1csc(C(C)Nc2nncc3ccc(Br)cc23)c1. The maximum atomic E-state index is 11.5. The quantitative estimate of drug-likeness (QED) is 0.334. The number of aromatic nitrogens is 2. The molecule has 31 heavy (non-hydrogen) atoms. The van der Waals surface area contributed by atoms with E-state index in [0.29, 0.717) is 0 Å². The van der Waals surface area contributed by atoms with Crippen molar-refractivity contribution in [1.29, 1.82) is 0 Å². The fourth-order valence-electron chi connectivity index (χ4n) is 3.30. The van der Waals surface area contributed by atoms with Crippen LogP contribution >= 0.6 is 27.3 Å². The van der Waals surface area contributed by atoms with Crippen LogP contribution in [0.3, 0.4) is 0 Å². The number of hydrogen-bond acceptors (Lipinski definition) is 6. The normalized spacial score (nSPS) is 11.8. The van der Waals surface area contributed by atoms with E-state index in [2.05, 4.69) is 55.1 Å². The molecule has 2 aromatic heterocycles. The Labute approximate surface area is 192 Å². The molecule has 158 valence electrons. The number of anilines is 1. The van der Waals surface area contributed by atoms with E-state index in [1.807, 2.05) is 42.5 Å². The molecule has 1 atom stereocenters.